The van der Waals surface area contributed by atoms with Gasteiger partial charge in [-0.25, -0.2) is 13.4 Å². The summed E-state index contributed by atoms with van der Waals surface area (Å²) < 4.78 is 33.6. The second-order valence-electron chi connectivity index (χ2n) is 5.76. The lowest BCUT2D eigenvalue weighted by Gasteiger charge is -2.15. The van der Waals surface area contributed by atoms with Crippen LogP contribution in [0, 0.1) is 5.82 Å². The molecule has 116 valence electrons. The Labute approximate surface area is 127 Å². The van der Waals surface area contributed by atoms with E-state index in [-0.39, 0.29) is 11.8 Å². The number of carbonyl (C=O) groups is 1. The van der Waals surface area contributed by atoms with Gasteiger partial charge in [0.25, 0.3) is 0 Å². The first kappa shape index (κ1) is 17.5. The second-order valence-corrected chi connectivity index (χ2v) is 7.67. The van der Waals surface area contributed by atoms with Crippen molar-refractivity contribution >= 4 is 22.7 Å². The lowest BCUT2D eigenvalue weighted by Crippen LogP contribution is -2.26. The summed E-state index contributed by atoms with van der Waals surface area (Å²) in [6.45, 7) is 8.68. The van der Waals surface area contributed by atoms with E-state index in [2.05, 4.69) is 4.40 Å². The zero-order valence-electron chi connectivity index (χ0n) is 12.8. The van der Waals surface area contributed by atoms with Gasteiger partial charge in [0.05, 0.1) is 10.9 Å². The van der Waals surface area contributed by atoms with Crippen molar-refractivity contribution < 1.29 is 18.1 Å². The molecule has 6 heteroatoms. The molecule has 0 aliphatic heterocycles. The van der Waals surface area contributed by atoms with Gasteiger partial charge in [-0.1, -0.05) is 0 Å². The highest BCUT2D eigenvalue weighted by Gasteiger charge is 2.24. The smallest absolute Gasteiger partial charge is 0.358 e. The second kappa shape index (κ2) is 6.93. The maximum atomic E-state index is 13.0. The first-order valence-corrected chi connectivity index (χ1v) is 7.69. The summed E-state index contributed by atoms with van der Waals surface area (Å²) >= 11 is 0. The van der Waals surface area contributed by atoms with E-state index in [1.54, 1.807) is 34.6 Å². The fourth-order valence-electron chi connectivity index (χ4n) is 1.31. The number of halogens is 1. The number of hydrogen-bond acceptors (Lipinski definition) is 3. The van der Waals surface area contributed by atoms with E-state index >= 15 is 0 Å². The van der Waals surface area contributed by atoms with Crippen LogP contribution < -0.4 is 0 Å². The maximum Gasteiger partial charge on any atom is 0.358 e. The molecule has 1 atom stereocenters. The van der Waals surface area contributed by atoms with Crippen LogP contribution in [0.1, 0.15) is 40.2 Å². The summed E-state index contributed by atoms with van der Waals surface area (Å²) in [7, 11) is -1.62. The lowest BCUT2D eigenvalue weighted by atomic mass is 10.1. The van der Waals surface area contributed by atoms with Crippen LogP contribution in [-0.4, -0.2) is 26.7 Å². The summed E-state index contributed by atoms with van der Waals surface area (Å²) in [5.41, 5.74) is 0.316. The van der Waals surface area contributed by atoms with E-state index in [0.29, 0.717) is 5.56 Å². The topological polar surface area (TPSA) is 55.7 Å². The van der Waals surface area contributed by atoms with Gasteiger partial charge in [-0.05, 0) is 58.9 Å². The number of benzene rings is 1. The van der Waals surface area contributed by atoms with Crippen molar-refractivity contribution in [3.05, 3.63) is 35.6 Å². The van der Waals surface area contributed by atoms with Crippen LogP contribution >= 0.6 is 0 Å². The van der Waals surface area contributed by atoms with E-state index in [4.69, 9.17) is 4.74 Å². The van der Waals surface area contributed by atoms with E-state index in [9.17, 15) is 13.4 Å². The molecule has 0 fully saturated rings. The van der Waals surface area contributed by atoms with Crippen molar-refractivity contribution in [1.82, 2.24) is 0 Å². The standard InChI is InChI=1S/C15H20FNO3S/c1-10(2)20-14(18)13(17-21(19)15(3,4)5)11-6-8-12(16)9-7-11/h6-10H,1-5H3/b17-13-/t21-/m0/s1. The molecule has 0 heterocycles. The molecule has 0 amide bonds. The number of carbonyl (C=O) groups excluding carboxylic acids is 1. The molecular weight excluding hydrogens is 293 g/mol. The fraction of sp³-hybridized carbons (Fsp3) is 0.467. The van der Waals surface area contributed by atoms with Crippen molar-refractivity contribution in [1.29, 1.82) is 0 Å². The molecular formula is C15H20FNO3S. The number of hydrogen-bond donors (Lipinski definition) is 0. The molecule has 0 unspecified atom stereocenters. The molecule has 1 aromatic rings. The van der Waals surface area contributed by atoms with Crippen LogP contribution in [-0.2, 0) is 20.5 Å². The minimum Gasteiger partial charge on any atom is -0.458 e. The Morgan fingerprint density at radius 2 is 1.76 bits per heavy atom. The average Bonchev–Trinajstić information content (AvgIpc) is 2.34. The Bertz CT molecular complexity index is 559. The summed E-state index contributed by atoms with van der Waals surface area (Å²) in [6, 6.07) is 5.26. The van der Waals surface area contributed by atoms with E-state index in [0.717, 1.165) is 0 Å². The van der Waals surface area contributed by atoms with Gasteiger partial charge in [-0.2, -0.15) is 4.40 Å². The van der Waals surface area contributed by atoms with Crippen LogP contribution in [0.3, 0.4) is 0 Å². The van der Waals surface area contributed by atoms with Gasteiger partial charge in [0.15, 0.2) is 5.71 Å². The third kappa shape index (κ3) is 5.38. The third-order valence-electron chi connectivity index (χ3n) is 2.35. The number of esters is 1. The SMILES string of the molecule is CC(C)OC(=O)/C(=N\[S@@](=O)C(C)(C)C)c1ccc(F)cc1. The summed E-state index contributed by atoms with van der Waals surface area (Å²) in [5, 5.41) is 0. The third-order valence-corrected chi connectivity index (χ3v) is 3.75. The molecule has 0 aliphatic rings. The molecule has 0 aromatic heterocycles. The number of ether oxygens (including phenoxy) is 1. The van der Waals surface area contributed by atoms with Crippen molar-refractivity contribution in [2.24, 2.45) is 4.40 Å². The molecule has 0 saturated carbocycles. The molecule has 0 N–H and O–H groups in total. The molecule has 4 nitrogen and oxygen atoms in total. The summed E-state index contributed by atoms with van der Waals surface area (Å²) in [4.78, 5) is 12.1. The van der Waals surface area contributed by atoms with Crippen molar-refractivity contribution in [3.63, 3.8) is 0 Å². The van der Waals surface area contributed by atoms with Gasteiger partial charge >= 0.3 is 5.97 Å². The average molecular weight is 313 g/mol. The molecule has 21 heavy (non-hydrogen) atoms. The number of rotatable bonds is 4. The monoisotopic (exact) mass is 313 g/mol. The van der Waals surface area contributed by atoms with Crippen molar-refractivity contribution in [2.45, 2.75) is 45.5 Å². The first-order chi connectivity index (χ1) is 9.61. The maximum absolute atomic E-state index is 13.0. The van der Waals surface area contributed by atoms with Crippen LogP contribution in [0.2, 0.25) is 0 Å². The highest BCUT2D eigenvalue weighted by molar-refractivity contribution is 7.85. The Kier molecular flexibility index (Phi) is 5.78. The predicted molar refractivity (Wildman–Crippen MR) is 82.1 cm³/mol. The largest absolute Gasteiger partial charge is 0.458 e. The molecule has 0 saturated heterocycles. The fourth-order valence-corrected chi connectivity index (χ4v) is 1.92. The minimum absolute atomic E-state index is 0.0584. The highest BCUT2D eigenvalue weighted by Crippen LogP contribution is 2.15. The normalized spacial score (nSPS) is 14.1. The lowest BCUT2D eigenvalue weighted by molar-refractivity contribution is -0.138. The molecule has 1 rings (SSSR count). The van der Waals surface area contributed by atoms with E-state index in [1.165, 1.54) is 24.3 Å². The molecule has 0 spiro atoms. The summed E-state index contributed by atoms with van der Waals surface area (Å²) in [5.74, 6) is -1.10. The molecule has 0 aliphatic carbocycles. The zero-order chi connectivity index (χ0) is 16.2. The molecule has 0 bridgehead atoms. The Morgan fingerprint density at radius 3 is 2.19 bits per heavy atom. The van der Waals surface area contributed by atoms with Gasteiger partial charge < -0.3 is 4.74 Å². The number of nitrogens with zero attached hydrogens (tertiary/aromatic N) is 1. The van der Waals surface area contributed by atoms with Crippen LogP contribution in [0.15, 0.2) is 28.7 Å². The molecule has 1 aromatic carbocycles. The van der Waals surface area contributed by atoms with Crippen molar-refractivity contribution in [3.8, 4) is 0 Å². The predicted octanol–water partition coefficient (Wildman–Crippen LogP) is 3.03. The molecule has 0 radical (unpaired) electrons. The van der Waals surface area contributed by atoms with Crippen LogP contribution in [0.25, 0.3) is 0 Å². The minimum atomic E-state index is -1.62. The quantitative estimate of drug-likeness (QED) is 0.634. The van der Waals surface area contributed by atoms with Gasteiger partial charge in [0.2, 0.25) is 0 Å². The van der Waals surface area contributed by atoms with Gasteiger partial charge in [0, 0.05) is 5.56 Å². The summed E-state index contributed by atoms with van der Waals surface area (Å²) in [6.07, 6.45) is -0.328. The van der Waals surface area contributed by atoms with Crippen molar-refractivity contribution in [2.75, 3.05) is 0 Å². The first-order valence-electron chi connectivity index (χ1n) is 6.59. The Hall–Kier alpha value is -1.56. The van der Waals surface area contributed by atoms with E-state index in [1.807, 2.05) is 0 Å². The van der Waals surface area contributed by atoms with Gasteiger partial charge in [-0.3, -0.25) is 0 Å². The Morgan fingerprint density at radius 1 is 1.24 bits per heavy atom. The van der Waals surface area contributed by atoms with E-state index < -0.39 is 27.5 Å². The highest BCUT2D eigenvalue weighted by atomic mass is 32.2. The van der Waals surface area contributed by atoms with Gasteiger partial charge in [0.1, 0.15) is 16.8 Å². The zero-order valence-corrected chi connectivity index (χ0v) is 13.7. The van der Waals surface area contributed by atoms with Gasteiger partial charge in [-0.15, -0.1) is 0 Å². The Balaban J connectivity index is 3.23. The van der Waals surface area contributed by atoms with Crippen LogP contribution in [0.5, 0.6) is 0 Å². The van der Waals surface area contributed by atoms with Crippen LogP contribution in [0.4, 0.5) is 4.39 Å².